The lowest BCUT2D eigenvalue weighted by Gasteiger charge is -2.29. The molecule has 2 atom stereocenters. The Balaban J connectivity index is 1.58. The van der Waals surface area contributed by atoms with Crippen LogP contribution in [-0.2, 0) is 19.4 Å². The summed E-state index contributed by atoms with van der Waals surface area (Å²) in [6.45, 7) is 1.60. The molecule has 8 nitrogen and oxygen atoms in total. The average Bonchev–Trinajstić information content (AvgIpc) is 2.74. The van der Waals surface area contributed by atoms with Gasteiger partial charge in [0.15, 0.2) is 15.1 Å². The van der Waals surface area contributed by atoms with Crippen LogP contribution in [0.25, 0.3) is 0 Å². The van der Waals surface area contributed by atoms with Crippen molar-refractivity contribution in [2.75, 3.05) is 24.7 Å². The van der Waals surface area contributed by atoms with E-state index >= 15 is 0 Å². The van der Waals surface area contributed by atoms with E-state index in [9.17, 15) is 22.4 Å². The highest BCUT2D eigenvalue weighted by Gasteiger charge is 2.38. The molecular weight excluding hydrogens is 481 g/mol. The van der Waals surface area contributed by atoms with Crippen LogP contribution in [0, 0.1) is 12.7 Å². The van der Waals surface area contributed by atoms with Gasteiger partial charge in [0, 0.05) is 12.2 Å². The molecule has 2 amide bonds. The predicted molar refractivity (Wildman–Crippen MR) is 121 cm³/mol. The molecule has 0 aliphatic carbocycles. The summed E-state index contributed by atoms with van der Waals surface area (Å²) in [6, 6.07) is 8.05. The van der Waals surface area contributed by atoms with Gasteiger partial charge in [0.25, 0.3) is 0 Å². The number of sulfone groups is 1. The van der Waals surface area contributed by atoms with Gasteiger partial charge in [-0.25, -0.2) is 12.8 Å². The van der Waals surface area contributed by atoms with Crippen LogP contribution in [0.1, 0.15) is 5.56 Å². The molecule has 12 heteroatoms. The Bertz CT molecular complexity index is 1150. The Hall–Kier alpha value is -2.34. The van der Waals surface area contributed by atoms with Gasteiger partial charge in [-0.15, -0.1) is 11.8 Å². The van der Waals surface area contributed by atoms with Gasteiger partial charge < -0.3 is 15.4 Å². The summed E-state index contributed by atoms with van der Waals surface area (Å²) in [6.07, 6.45) is 0. The third-order valence-electron chi connectivity index (χ3n) is 4.74. The van der Waals surface area contributed by atoms with Crippen molar-refractivity contribution in [2.45, 2.75) is 22.6 Å². The summed E-state index contributed by atoms with van der Waals surface area (Å²) in [7, 11) is -2.59. The van der Waals surface area contributed by atoms with E-state index in [0.717, 1.165) is 11.8 Å². The van der Waals surface area contributed by atoms with Gasteiger partial charge >= 0.3 is 0 Å². The fraction of sp³-hybridized carbons (Fsp3) is 0.300. The molecule has 1 aliphatic rings. The number of benzene rings is 2. The van der Waals surface area contributed by atoms with E-state index in [2.05, 4.69) is 16.0 Å². The van der Waals surface area contributed by atoms with E-state index in [4.69, 9.17) is 16.3 Å². The van der Waals surface area contributed by atoms with Gasteiger partial charge in [-0.3, -0.25) is 14.9 Å². The maximum atomic E-state index is 13.4. The number of nitrogens with one attached hydrogen (secondary N) is 3. The normalized spacial score (nSPS) is 18.7. The zero-order valence-electron chi connectivity index (χ0n) is 17.1. The summed E-state index contributed by atoms with van der Waals surface area (Å²) < 4.78 is 44.1. The molecule has 0 aromatic heterocycles. The summed E-state index contributed by atoms with van der Waals surface area (Å²) in [5.74, 6) is -1.26. The first kappa shape index (κ1) is 24.3. The maximum Gasteiger partial charge on any atom is 0.241 e. The fourth-order valence-electron chi connectivity index (χ4n) is 2.99. The molecule has 0 saturated carbocycles. The van der Waals surface area contributed by atoms with Crippen LogP contribution in [0.4, 0.5) is 10.1 Å². The molecule has 3 N–H and O–H groups in total. The van der Waals surface area contributed by atoms with Crippen molar-refractivity contribution < 1.29 is 27.1 Å². The minimum absolute atomic E-state index is 0.0423. The minimum atomic E-state index is -4.00. The number of thioether (sulfide) groups is 1. The summed E-state index contributed by atoms with van der Waals surface area (Å²) >= 11 is 7.09. The molecule has 1 aliphatic heterocycles. The van der Waals surface area contributed by atoms with Crippen LogP contribution in [0.5, 0.6) is 5.75 Å². The van der Waals surface area contributed by atoms with Gasteiger partial charge in [-0.2, -0.15) is 0 Å². The van der Waals surface area contributed by atoms with Crippen molar-refractivity contribution in [2.24, 2.45) is 0 Å². The Labute approximate surface area is 194 Å². The first-order chi connectivity index (χ1) is 15.1. The number of halogens is 2. The van der Waals surface area contributed by atoms with E-state index in [1.807, 2.05) is 0 Å². The summed E-state index contributed by atoms with van der Waals surface area (Å²) in [5.41, 5.74) is 0.411. The molecule has 2 aromatic carbocycles. The Morgan fingerprint density at radius 2 is 2.06 bits per heavy atom. The van der Waals surface area contributed by atoms with Crippen molar-refractivity contribution in [3.63, 3.8) is 0 Å². The van der Waals surface area contributed by atoms with Gasteiger partial charge in [-0.1, -0.05) is 17.7 Å². The standard InChI is InChI=1S/C20H21ClFN3O5S2/c1-11-3-4-12(22)7-15(11)24-18(26)10-31-20-23-9-17(19(27)25-20)32(28,29)13-5-6-16(30-2)14(21)8-13/h3-8,17,20,23H,9-10H2,1-2H3,(H,24,26)(H,25,27). The van der Waals surface area contributed by atoms with Crippen molar-refractivity contribution in [1.82, 2.24) is 10.6 Å². The highest BCUT2D eigenvalue weighted by molar-refractivity contribution is 8.00. The van der Waals surface area contributed by atoms with Gasteiger partial charge in [0.05, 0.1) is 22.8 Å². The van der Waals surface area contributed by atoms with Crippen molar-refractivity contribution in [3.8, 4) is 5.75 Å². The molecule has 0 radical (unpaired) electrons. The zero-order valence-corrected chi connectivity index (χ0v) is 19.5. The Morgan fingerprint density at radius 3 is 2.72 bits per heavy atom. The molecule has 1 heterocycles. The molecule has 3 rings (SSSR count). The van der Waals surface area contributed by atoms with Gasteiger partial charge in [-0.05, 0) is 42.8 Å². The second-order valence-corrected chi connectivity index (χ2v) is 10.6. The first-order valence-electron chi connectivity index (χ1n) is 9.40. The molecule has 0 spiro atoms. The van der Waals surface area contributed by atoms with Gasteiger partial charge in [0.1, 0.15) is 17.1 Å². The largest absolute Gasteiger partial charge is 0.495 e. The van der Waals surface area contributed by atoms with E-state index < -0.39 is 32.3 Å². The number of hydrogen-bond donors (Lipinski definition) is 3. The quantitative estimate of drug-likeness (QED) is 0.533. The Kier molecular flexibility index (Phi) is 7.65. The second kappa shape index (κ2) is 10.1. The van der Waals surface area contributed by atoms with Crippen LogP contribution in [0.3, 0.4) is 0 Å². The lowest BCUT2D eigenvalue weighted by atomic mass is 10.2. The van der Waals surface area contributed by atoms with Crippen molar-refractivity contribution >= 4 is 50.7 Å². The number of carbonyl (C=O) groups is 2. The fourth-order valence-corrected chi connectivity index (χ4v) is 5.65. The molecular formula is C20H21ClFN3O5S2. The lowest BCUT2D eigenvalue weighted by Crippen LogP contribution is -2.59. The number of amides is 2. The number of ether oxygens (including phenoxy) is 1. The van der Waals surface area contributed by atoms with Crippen LogP contribution in [0.2, 0.25) is 5.02 Å². The first-order valence-corrected chi connectivity index (χ1v) is 12.4. The van der Waals surface area contributed by atoms with Crippen molar-refractivity contribution in [1.29, 1.82) is 0 Å². The third-order valence-corrected chi connectivity index (χ3v) is 8.12. The number of rotatable bonds is 7. The SMILES string of the molecule is COc1ccc(S(=O)(=O)C2CNC(SCC(=O)Nc3cc(F)ccc3C)NC2=O)cc1Cl. The van der Waals surface area contributed by atoms with Crippen LogP contribution < -0.4 is 20.7 Å². The number of hydrogen-bond acceptors (Lipinski definition) is 7. The lowest BCUT2D eigenvalue weighted by molar-refractivity contribution is -0.122. The van der Waals surface area contributed by atoms with Gasteiger partial charge in [0.2, 0.25) is 11.8 Å². The molecule has 1 fully saturated rings. The summed E-state index contributed by atoms with van der Waals surface area (Å²) in [4.78, 5) is 24.6. The molecule has 172 valence electrons. The molecule has 2 unspecified atom stereocenters. The third kappa shape index (κ3) is 5.52. The highest BCUT2D eigenvalue weighted by atomic mass is 35.5. The monoisotopic (exact) mass is 501 g/mol. The zero-order chi connectivity index (χ0) is 23.5. The maximum absolute atomic E-state index is 13.4. The van der Waals surface area contributed by atoms with Crippen LogP contribution in [0.15, 0.2) is 41.3 Å². The average molecular weight is 502 g/mol. The van der Waals surface area contributed by atoms with E-state index in [-0.39, 0.29) is 28.1 Å². The van der Waals surface area contributed by atoms with E-state index in [1.165, 1.54) is 37.4 Å². The second-order valence-electron chi connectivity index (χ2n) is 6.95. The number of aryl methyl sites for hydroxylation is 1. The number of carbonyl (C=O) groups excluding carboxylic acids is 2. The number of methoxy groups -OCH3 is 1. The minimum Gasteiger partial charge on any atom is -0.495 e. The van der Waals surface area contributed by atoms with Crippen LogP contribution in [-0.4, -0.2) is 50.4 Å². The van der Waals surface area contributed by atoms with E-state index in [1.54, 1.807) is 13.0 Å². The van der Waals surface area contributed by atoms with Crippen molar-refractivity contribution in [3.05, 3.63) is 52.8 Å². The highest BCUT2D eigenvalue weighted by Crippen LogP contribution is 2.29. The van der Waals surface area contributed by atoms with Crippen LogP contribution >= 0.6 is 23.4 Å². The summed E-state index contributed by atoms with van der Waals surface area (Å²) in [5, 5.41) is 6.84. The smallest absolute Gasteiger partial charge is 0.241 e. The molecule has 32 heavy (non-hydrogen) atoms. The molecule has 0 bridgehead atoms. The predicted octanol–water partition coefficient (Wildman–Crippen LogP) is 2.31. The molecule has 2 aromatic rings. The molecule has 1 saturated heterocycles. The van der Waals surface area contributed by atoms with E-state index in [0.29, 0.717) is 17.0 Å². The number of anilines is 1. The Morgan fingerprint density at radius 1 is 1.31 bits per heavy atom. The topological polar surface area (TPSA) is 114 Å².